The molecule has 1 heterocycles. The smallest absolute Gasteiger partial charge is 0.244 e. The summed E-state index contributed by atoms with van der Waals surface area (Å²) < 4.78 is 32.9. The van der Waals surface area contributed by atoms with E-state index >= 15 is 0 Å². The van der Waals surface area contributed by atoms with E-state index in [-0.39, 0.29) is 23.3 Å². The first-order chi connectivity index (χ1) is 9.33. The Balaban J connectivity index is 2.16. The Morgan fingerprint density at radius 2 is 2.10 bits per heavy atom. The van der Waals surface area contributed by atoms with E-state index in [9.17, 15) is 8.42 Å². The normalized spacial score (nSPS) is 27.7. The molecule has 0 amide bonds. The summed E-state index contributed by atoms with van der Waals surface area (Å²) >= 11 is 0. The van der Waals surface area contributed by atoms with E-state index in [0.717, 1.165) is 19.3 Å². The van der Waals surface area contributed by atoms with E-state index in [1.54, 1.807) is 6.92 Å². The van der Waals surface area contributed by atoms with Crippen LogP contribution in [0.1, 0.15) is 44.6 Å². The molecule has 5 nitrogen and oxygen atoms in total. The molecule has 0 bridgehead atoms. The molecule has 1 aromatic heterocycles. The summed E-state index contributed by atoms with van der Waals surface area (Å²) in [6.45, 7) is 5.59. The van der Waals surface area contributed by atoms with Gasteiger partial charge in [0, 0.05) is 12.1 Å². The Morgan fingerprint density at radius 1 is 1.40 bits per heavy atom. The van der Waals surface area contributed by atoms with E-state index in [1.165, 1.54) is 6.07 Å². The third-order valence-corrected chi connectivity index (χ3v) is 5.70. The first-order valence-corrected chi connectivity index (χ1v) is 8.54. The summed E-state index contributed by atoms with van der Waals surface area (Å²) in [7, 11) is -3.59. The molecule has 0 aromatic carbocycles. The van der Waals surface area contributed by atoms with Crippen LogP contribution in [0.4, 0.5) is 0 Å². The number of hydrogen-bond acceptors (Lipinski definition) is 4. The second-order valence-electron chi connectivity index (χ2n) is 5.91. The number of furan rings is 1. The van der Waals surface area contributed by atoms with E-state index in [0.29, 0.717) is 17.6 Å². The van der Waals surface area contributed by atoms with Crippen molar-refractivity contribution in [3.8, 4) is 0 Å². The lowest BCUT2D eigenvalue weighted by Crippen LogP contribution is -2.42. The maximum absolute atomic E-state index is 12.4. The van der Waals surface area contributed by atoms with Crippen molar-refractivity contribution in [2.24, 2.45) is 11.8 Å². The molecule has 1 aliphatic rings. The molecule has 2 rings (SSSR count). The molecule has 114 valence electrons. The highest BCUT2D eigenvalue weighted by atomic mass is 32.2. The fourth-order valence-corrected chi connectivity index (χ4v) is 4.55. The molecule has 2 N–H and O–H groups in total. The maximum Gasteiger partial charge on any atom is 0.244 e. The van der Waals surface area contributed by atoms with Crippen molar-refractivity contribution in [1.82, 2.24) is 4.72 Å². The highest BCUT2D eigenvalue weighted by Gasteiger charge is 2.31. The van der Waals surface area contributed by atoms with E-state index in [1.807, 2.05) is 0 Å². The van der Waals surface area contributed by atoms with Crippen molar-refractivity contribution in [3.63, 3.8) is 0 Å². The molecular weight excluding hydrogens is 278 g/mol. The Kier molecular flexibility index (Phi) is 4.56. The Bertz CT molecular complexity index is 564. The molecule has 1 fully saturated rings. The number of nitrogens with one attached hydrogen (secondary N) is 1. The van der Waals surface area contributed by atoms with E-state index in [2.05, 4.69) is 18.6 Å². The molecule has 20 heavy (non-hydrogen) atoms. The van der Waals surface area contributed by atoms with Crippen molar-refractivity contribution < 1.29 is 17.9 Å². The Hall–Kier alpha value is -0.850. The number of aliphatic hydroxyl groups excluding tert-OH is 1. The minimum absolute atomic E-state index is 0.0249. The monoisotopic (exact) mass is 301 g/mol. The third kappa shape index (κ3) is 3.24. The highest BCUT2D eigenvalue weighted by molar-refractivity contribution is 7.89. The molecule has 6 heteroatoms. The number of sulfonamides is 1. The van der Waals surface area contributed by atoms with Crippen LogP contribution in [0.3, 0.4) is 0 Å². The second-order valence-corrected chi connectivity index (χ2v) is 7.60. The lowest BCUT2D eigenvalue weighted by Gasteiger charge is -2.32. The lowest BCUT2D eigenvalue weighted by molar-refractivity contribution is 0.244. The zero-order valence-electron chi connectivity index (χ0n) is 12.2. The van der Waals surface area contributed by atoms with Crippen molar-refractivity contribution in [2.75, 3.05) is 0 Å². The van der Waals surface area contributed by atoms with Gasteiger partial charge in [0.2, 0.25) is 10.0 Å². The van der Waals surface area contributed by atoms with Gasteiger partial charge in [-0.1, -0.05) is 13.8 Å². The van der Waals surface area contributed by atoms with Crippen LogP contribution in [0.5, 0.6) is 0 Å². The summed E-state index contributed by atoms with van der Waals surface area (Å²) in [6, 6.07) is 1.37. The molecular formula is C14H23NO4S. The standard InChI is InChI=1S/C14H23NO4S/c1-9-4-5-13(10(2)6-9)15-20(17,18)14-7-12(8-16)19-11(14)3/h7,9-10,13,15-16H,4-6,8H2,1-3H3. The Labute approximate surface area is 120 Å². The van der Waals surface area contributed by atoms with Crippen molar-refractivity contribution >= 4 is 10.0 Å². The minimum atomic E-state index is -3.59. The molecule has 0 saturated heterocycles. The summed E-state index contributed by atoms with van der Waals surface area (Å²) in [5, 5.41) is 9.02. The molecule has 3 unspecified atom stereocenters. The maximum atomic E-state index is 12.4. The van der Waals surface area contributed by atoms with Crippen molar-refractivity contribution in [3.05, 3.63) is 17.6 Å². The SMILES string of the molecule is Cc1oc(CO)cc1S(=O)(=O)NC1CCC(C)CC1C. The summed E-state index contributed by atoms with van der Waals surface area (Å²) in [5.74, 6) is 1.58. The number of aliphatic hydroxyl groups is 1. The van der Waals surface area contributed by atoms with Crippen molar-refractivity contribution in [1.29, 1.82) is 0 Å². The first-order valence-electron chi connectivity index (χ1n) is 7.06. The van der Waals surface area contributed by atoms with Crippen LogP contribution in [0.15, 0.2) is 15.4 Å². The van der Waals surface area contributed by atoms with Crippen LogP contribution in [0.2, 0.25) is 0 Å². The summed E-state index contributed by atoms with van der Waals surface area (Å²) in [6.07, 6.45) is 2.95. The average molecular weight is 301 g/mol. The van der Waals surface area contributed by atoms with Gasteiger partial charge in [-0.05, 0) is 38.0 Å². The zero-order chi connectivity index (χ0) is 14.9. The largest absolute Gasteiger partial charge is 0.462 e. The molecule has 1 aromatic rings. The molecule has 3 atom stereocenters. The van der Waals surface area contributed by atoms with Gasteiger partial charge in [-0.25, -0.2) is 13.1 Å². The fraction of sp³-hybridized carbons (Fsp3) is 0.714. The molecule has 1 saturated carbocycles. The third-order valence-electron chi connectivity index (χ3n) is 4.11. The van der Waals surface area contributed by atoms with Crippen LogP contribution in [-0.4, -0.2) is 19.6 Å². The van der Waals surface area contributed by atoms with E-state index < -0.39 is 10.0 Å². The lowest BCUT2D eigenvalue weighted by atomic mass is 9.80. The fourth-order valence-electron chi connectivity index (χ4n) is 2.97. The zero-order valence-corrected chi connectivity index (χ0v) is 13.0. The van der Waals surface area contributed by atoms with Gasteiger partial charge in [-0.15, -0.1) is 0 Å². The van der Waals surface area contributed by atoms with Crippen LogP contribution < -0.4 is 4.72 Å². The molecule has 1 aliphatic carbocycles. The van der Waals surface area contributed by atoms with Gasteiger partial charge in [0.25, 0.3) is 0 Å². The van der Waals surface area contributed by atoms with Gasteiger partial charge in [-0.3, -0.25) is 0 Å². The van der Waals surface area contributed by atoms with Crippen LogP contribution in [0.25, 0.3) is 0 Å². The highest BCUT2D eigenvalue weighted by Crippen LogP contribution is 2.30. The summed E-state index contributed by atoms with van der Waals surface area (Å²) in [4.78, 5) is 0.132. The average Bonchev–Trinajstić information content (AvgIpc) is 2.75. The van der Waals surface area contributed by atoms with E-state index in [4.69, 9.17) is 9.52 Å². The predicted octanol–water partition coefficient (Wildman–Crippen LogP) is 2.18. The van der Waals surface area contributed by atoms with Gasteiger partial charge in [0.15, 0.2) is 0 Å². The van der Waals surface area contributed by atoms with Crippen LogP contribution in [0, 0.1) is 18.8 Å². The predicted molar refractivity (Wildman–Crippen MR) is 75.7 cm³/mol. The van der Waals surface area contributed by atoms with Crippen LogP contribution >= 0.6 is 0 Å². The van der Waals surface area contributed by atoms with Gasteiger partial charge >= 0.3 is 0 Å². The minimum Gasteiger partial charge on any atom is -0.462 e. The molecule has 0 aliphatic heterocycles. The van der Waals surface area contributed by atoms with Gasteiger partial charge in [-0.2, -0.15) is 0 Å². The van der Waals surface area contributed by atoms with Crippen molar-refractivity contribution in [2.45, 2.75) is 57.6 Å². The van der Waals surface area contributed by atoms with Gasteiger partial charge in [0.05, 0.1) is 0 Å². The number of hydrogen-bond donors (Lipinski definition) is 2. The molecule has 0 radical (unpaired) electrons. The summed E-state index contributed by atoms with van der Waals surface area (Å²) in [5.41, 5.74) is 0. The van der Waals surface area contributed by atoms with Crippen LogP contribution in [-0.2, 0) is 16.6 Å². The second kappa shape index (κ2) is 5.87. The van der Waals surface area contributed by atoms with Gasteiger partial charge < -0.3 is 9.52 Å². The number of aryl methyl sites for hydroxylation is 1. The first kappa shape index (κ1) is 15.5. The Morgan fingerprint density at radius 3 is 2.65 bits per heavy atom. The topological polar surface area (TPSA) is 79.5 Å². The van der Waals surface area contributed by atoms with Gasteiger partial charge in [0.1, 0.15) is 23.0 Å². The molecule has 0 spiro atoms. The number of rotatable bonds is 4. The quantitative estimate of drug-likeness (QED) is 0.893.